The summed E-state index contributed by atoms with van der Waals surface area (Å²) in [6.45, 7) is 3.53. The molecule has 1 aromatic rings. The first-order valence-electron chi connectivity index (χ1n) is 6.93. The minimum absolute atomic E-state index is 0.00528. The van der Waals surface area contributed by atoms with Crippen LogP contribution < -0.4 is 25.8 Å². The van der Waals surface area contributed by atoms with Crippen LogP contribution >= 0.6 is 0 Å². The number of carbonyl (C=O) groups excluding carboxylic acids is 2. The second-order valence-electron chi connectivity index (χ2n) is 5.14. The summed E-state index contributed by atoms with van der Waals surface area (Å²) in [5, 5.41) is 5.16. The van der Waals surface area contributed by atoms with Crippen LogP contribution in [0.15, 0.2) is 18.2 Å². The summed E-state index contributed by atoms with van der Waals surface area (Å²) in [6, 6.07) is 4.37. The summed E-state index contributed by atoms with van der Waals surface area (Å²) in [7, 11) is 3.04. The highest BCUT2D eigenvalue weighted by molar-refractivity contribution is 5.95. The lowest BCUT2D eigenvalue weighted by molar-refractivity contribution is -0.125. The van der Waals surface area contributed by atoms with Crippen molar-refractivity contribution in [3.05, 3.63) is 18.2 Å². The van der Waals surface area contributed by atoms with Crippen molar-refractivity contribution in [2.24, 2.45) is 11.7 Å². The first-order valence-corrected chi connectivity index (χ1v) is 6.93. The number of hydrogen-bond acceptors (Lipinski definition) is 5. The number of nitrogens with one attached hydrogen (secondary N) is 2. The maximum atomic E-state index is 11.9. The number of hydrogen-bond donors (Lipinski definition) is 3. The molecule has 0 saturated heterocycles. The molecule has 0 radical (unpaired) electrons. The predicted molar refractivity (Wildman–Crippen MR) is 84.0 cm³/mol. The van der Waals surface area contributed by atoms with E-state index >= 15 is 0 Å². The highest BCUT2D eigenvalue weighted by atomic mass is 16.5. The molecule has 0 unspecified atom stereocenters. The lowest BCUT2D eigenvalue weighted by Gasteiger charge is -2.15. The van der Waals surface area contributed by atoms with Gasteiger partial charge in [-0.05, 0) is 5.92 Å². The quantitative estimate of drug-likeness (QED) is 0.689. The molecule has 122 valence electrons. The molecule has 0 aliphatic rings. The number of amides is 2. The Labute approximate surface area is 130 Å². The van der Waals surface area contributed by atoms with Crippen molar-refractivity contribution in [2.45, 2.75) is 19.9 Å². The zero-order valence-electron chi connectivity index (χ0n) is 13.3. The number of anilines is 1. The van der Waals surface area contributed by atoms with Crippen LogP contribution in [0.1, 0.15) is 13.8 Å². The number of ether oxygens (including phenoxy) is 2. The van der Waals surface area contributed by atoms with Crippen LogP contribution in [-0.2, 0) is 9.59 Å². The van der Waals surface area contributed by atoms with E-state index < -0.39 is 6.04 Å². The van der Waals surface area contributed by atoms with Gasteiger partial charge in [0.1, 0.15) is 11.5 Å². The summed E-state index contributed by atoms with van der Waals surface area (Å²) >= 11 is 0. The molecule has 0 aliphatic heterocycles. The van der Waals surface area contributed by atoms with Crippen molar-refractivity contribution in [3.8, 4) is 11.5 Å². The van der Waals surface area contributed by atoms with Crippen molar-refractivity contribution in [2.75, 3.05) is 26.1 Å². The highest BCUT2D eigenvalue weighted by Crippen LogP contribution is 2.25. The summed E-state index contributed by atoms with van der Waals surface area (Å²) in [6.07, 6.45) is 0. The van der Waals surface area contributed by atoms with Crippen molar-refractivity contribution < 1.29 is 19.1 Å². The third kappa shape index (κ3) is 5.25. The summed E-state index contributed by atoms with van der Waals surface area (Å²) in [5.74, 6) is 0.403. The average molecular weight is 309 g/mol. The van der Waals surface area contributed by atoms with E-state index in [0.717, 1.165) is 0 Å². The third-order valence-electron chi connectivity index (χ3n) is 3.08. The Morgan fingerprint density at radius 3 is 2.14 bits per heavy atom. The second kappa shape index (κ2) is 8.23. The molecule has 1 rings (SSSR count). The molecule has 1 aromatic carbocycles. The Kier molecular flexibility index (Phi) is 6.65. The molecule has 0 saturated carbocycles. The monoisotopic (exact) mass is 309 g/mol. The van der Waals surface area contributed by atoms with Crippen LogP contribution in [-0.4, -0.2) is 38.6 Å². The normalized spacial score (nSPS) is 11.7. The summed E-state index contributed by atoms with van der Waals surface area (Å²) in [5.41, 5.74) is 6.21. The zero-order chi connectivity index (χ0) is 16.7. The van der Waals surface area contributed by atoms with E-state index in [1.54, 1.807) is 18.2 Å². The molecular formula is C15H23N3O4. The first kappa shape index (κ1) is 17.8. The Bertz CT molecular complexity index is 509. The fourth-order valence-electron chi connectivity index (χ4n) is 1.67. The van der Waals surface area contributed by atoms with Gasteiger partial charge in [-0.15, -0.1) is 0 Å². The molecule has 2 amide bonds. The molecule has 0 bridgehead atoms. The molecule has 1 atom stereocenters. The number of nitrogens with two attached hydrogens (primary N) is 1. The maximum absolute atomic E-state index is 11.9. The van der Waals surface area contributed by atoms with Crippen LogP contribution in [0.4, 0.5) is 5.69 Å². The van der Waals surface area contributed by atoms with Gasteiger partial charge in [-0.2, -0.15) is 0 Å². The molecule has 4 N–H and O–H groups in total. The van der Waals surface area contributed by atoms with Crippen molar-refractivity contribution in [3.63, 3.8) is 0 Å². The van der Waals surface area contributed by atoms with Crippen LogP contribution in [0.3, 0.4) is 0 Å². The number of rotatable bonds is 7. The van der Waals surface area contributed by atoms with E-state index in [4.69, 9.17) is 15.2 Å². The lowest BCUT2D eigenvalue weighted by Crippen LogP contribution is -2.46. The first-order chi connectivity index (χ1) is 10.4. The van der Waals surface area contributed by atoms with E-state index in [1.807, 2.05) is 13.8 Å². The molecule has 0 aromatic heterocycles. The topological polar surface area (TPSA) is 103 Å². The number of methoxy groups -OCH3 is 2. The molecule has 0 spiro atoms. The van der Waals surface area contributed by atoms with Crippen LogP contribution in [0.2, 0.25) is 0 Å². The predicted octanol–water partition coefficient (Wildman–Crippen LogP) is 0.742. The van der Waals surface area contributed by atoms with Gasteiger partial charge in [-0.25, -0.2) is 0 Å². The summed E-state index contributed by atoms with van der Waals surface area (Å²) in [4.78, 5) is 23.5. The minimum Gasteiger partial charge on any atom is -0.497 e. The van der Waals surface area contributed by atoms with Gasteiger partial charge in [-0.1, -0.05) is 13.8 Å². The largest absolute Gasteiger partial charge is 0.497 e. The van der Waals surface area contributed by atoms with Gasteiger partial charge >= 0.3 is 0 Å². The highest BCUT2D eigenvalue weighted by Gasteiger charge is 2.17. The zero-order valence-corrected chi connectivity index (χ0v) is 13.3. The van der Waals surface area contributed by atoms with Crippen molar-refractivity contribution >= 4 is 17.5 Å². The fourth-order valence-corrected chi connectivity index (χ4v) is 1.67. The number of carbonyl (C=O) groups is 2. The Morgan fingerprint density at radius 2 is 1.68 bits per heavy atom. The van der Waals surface area contributed by atoms with E-state index in [-0.39, 0.29) is 24.3 Å². The van der Waals surface area contributed by atoms with Gasteiger partial charge in [0.25, 0.3) is 0 Å². The standard InChI is InChI=1S/C15H23N3O4/c1-9(2)14(16)15(20)17-8-13(19)18-10-5-11(21-3)7-12(6-10)22-4/h5-7,9,14H,8,16H2,1-4H3,(H,17,20)(H,18,19)/t14-/m0/s1. The Hall–Kier alpha value is -2.28. The molecule has 0 aliphatic carbocycles. The molecule has 7 heteroatoms. The van der Waals surface area contributed by atoms with Gasteiger partial charge in [-0.3, -0.25) is 9.59 Å². The molecule has 7 nitrogen and oxygen atoms in total. The molecule has 0 heterocycles. The van der Waals surface area contributed by atoms with Gasteiger partial charge in [0.2, 0.25) is 11.8 Å². The van der Waals surface area contributed by atoms with Crippen LogP contribution in [0, 0.1) is 5.92 Å². The molecule has 22 heavy (non-hydrogen) atoms. The fraction of sp³-hybridized carbons (Fsp3) is 0.467. The van der Waals surface area contributed by atoms with Crippen molar-refractivity contribution in [1.29, 1.82) is 0 Å². The van der Waals surface area contributed by atoms with Gasteiger partial charge in [0, 0.05) is 23.9 Å². The Morgan fingerprint density at radius 1 is 1.14 bits per heavy atom. The lowest BCUT2D eigenvalue weighted by atomic mass is 10.1. The van der Waals surface area contributed by atoms with Crippen molar-refractivity contribution in [1.82, 2.24) is 5.32 Å². The van der Waals surface area contributed by atoms with Gasteiger partial charge in [0.05, 0.1) is 26.8 Å². The van der Waals surface area contributed by atoms with Gasteiger partial charge in [0.15, 0.2) is 0 Å². The van der Waals surface area contributed by atoms with E-state index in [2.05, 4.69) is 10.6 Å². The summed E-state index contributed by atoms with van der Waals surface area (Å²) < 4.78 is 10.2. The maximum Gasteiger partial charge on any atom is 0.243 e. The van der Waals surface area contributed by atoms with Crippen LogP contribution in [0.5, 0.6) is 11.5 Å². The van der Waals surface area contributed by atoms with E-state index in [0.29, 0.717) is 17.2 Å². The molecule has 0 fully saturated rings. The number of benzene rings is 1. The minimum atomic E-state index is -0.635. The second-order valence-corrected chi connectivity index (χ2v) is 5.14. The van der Waals surface area contributed by atoms with E-state index in [1.165, 1.54) is 14.2 Å². The van der Waals surface area contributed by atoms with Gasteiger partial charge < -0.3 is 25.8 Å². The van der Waals surface area contributed by atoms with E-state index in [9.17, 15) is 9.59 Å². The smallest absolute Gasteiger partial charge is 0.243 e. The third-order valence-corrected chi connectivity index (χ3v) is 3.08. The average Bonchev–Trinajstić information content (AvgIpc) is 2.51. The van der Waals surface area contributed by atoms with Crippen LogP contribution in [0.25, 0.3) is 0 Å². The Balaban J connectivity index is 2.60. The molecular weight excluding hydrogens is 286 g/mol. The SMILES string of the molecule is COc1cc(NC(=O)CNC(=O)[C@@H](N)C(C)C)cc(OC)c1.